The van der Waals surface area contributed by atoms with Gasteiger partial charge in [0.2, 0.25) is 11.8 Å². The topological polar surface area (TPSA) is 130 Å². The smallest absolute Gasteiger partial charge is 0.405 e. The summed E-state index contributed by atoms with van der Waals surface area (Å²) in [5.74, 6) is -1.46. The summed E-state index contributed by atoms with van der Waals surface area (Å²) in [4.78, 5) is 47.7. The Morgan fingerprint density at radius 3 is 2.48 bits per heavy atom. The minimum atomic E-state index is -1.37. The fraction of sp³-hybridized carbons (Fsp3) is 0.733. The number of likely N-dealkylation sites (tertiary alicyclic amines) is 1. The molecule has 4 N–H and O–H groups in total. The highest BCUT2D eigenvalue weighted by Gasteiger charge is 2.47. The summed E-state index contributed by atoms with van der Waals surface area (Å²) >= 11 is 0. The van der Waals surface area contributed by atoms with Crippen molar-refractivity contribution < 1.29 is 24.3 Å². The highest BCUT2D eigenvalue weighted by molar-refractivity contribution is 6.00. The Balaban J connectivity index is 2.07. The third-order valence-corrected chi connectivity index (χ3v) is 4.78. The predicted octanol–water partition coefficient (Wildman–Crippen LogP) is 0.597. The molecule has 1 saturated heterocycles. The second-order valence-electron chi connectivity index (χ2n) is 6.56. The number of carbonyl (C=O) groups excluding carboxylic acids is 3. The number of nitrogens with one attached hydrogen (secondary N) is 1. The summed E-state index contributed by atoms with van der Waals surface area (Å²) in [6, 6.07) is -1.12. The molecule has 8 nitrogen and oxygen atoms in total. The van der Waals surface area contributed by atoms with Gasteiger partial charge in [-0.1, -0.05) is 19.3 Å². The molecule has 1 heterocycles. The molecule has 4 amide bonds. The van der Waals surface area contributed by atoms with E-state index < -0.39 is 23.9 Å². The molecule has 8 heteroatoms. The number of carboxylic acid groups (broad SMARTS) is 1. The lowest BCUT2D eigenvalue weighted by atomic mass is 9.73. The molecule has 0 aromatic heterocycles. The fourth-order valence-corrected chi connectivity index (χ4v) is 3.61. The van der Waals surface area contributed by atoms with E-state index in [1.165, 1.54) is 0 Å². The summed E-state index contributed by atoms with van der Waals surface area (Å²) in [5, 5.41) is 11.0. The van der Waals surface area contributed by atoms with Gasteiger partial charge in [0.25, 0.3) is 5.91 Å². The van der Waals surface area contributed by atoms with E-state index in [1.54, 1.807) is 0 Å². The largest absolute Gasteiger partial charge is 0.465 e. The molecular weight excluding hydrogens is 302 g/mol. The van der Waals surface area contributed by atoms with Gasteiger partial charge < -0.3 is 16.2 Å². The number of amides is 4. The van der Waals surface area contributed by atoms with Crippen LogP contribution in [0.3, 0.4) is 0 Å². The Hall–Kier alpha value is -2.12. The Labute approximate surface area is 134 Å². The molecule has 2 rings (SSSR count). The van der Waals surface area contributed by atoms with Gasteiger partial charge in [-0.3, -0.25) is 19.3 Å². The molecule has 23 heavy (non-hydrogen) atoms. The third-order valence-electron chi connectivity index (χ3n) is 4.78. The number of rotatable bonds is 5. The van der Waals surface area contributed by atoms with Crippen LogP contribution in [0.4, 0.5) is 4.79 Å². The predicted molar refractivity (Wildman–Crippen MR) is 80.2 cm³/mol. The van der Waals surface area contributed by atoms with Crippen molar-refractivity contribution in [3.63, 3.8) is 0 Å². The summed E-state index contributed by atoms with van der Waals surface area (Å²) in [6.07, 6.45) is 3.89. The number of primary amides is 1. The number of imide groups is 1. The molecule has 2 fully saturated rings. The zero-order chi connectivity index (χ0) is 17.0. The second-order valence-corrected chi connectivity index (χ2v) is 6.56. The van der Waals surface area contributed by atoms with Crippen LogP contribution in [0.5, 0.6) is 0 Å². The first-order valence-electron chi connectivity index (χ1n) is 7.95. The van der Waals surface area contributed by atoms with E-state index >= 15 is 0 Å². The van der Waals surface area contributed by atoms with Crippen LogP contribution in [0, 0.1) is 5.41 Å². The summed E-state index contributed by atoms with van der Waals surface area (Å²) in [7, 11) is 0. The maximum atomic E-state index is 12.6. The van der Waals surface area contributed by atoms with Crippen LogP contribution in [-0.2, 0) is 14.4 Å². The van der Waals surface area contributed by atoms with E-state index in [2.05, 4.69) is 5.32 Å². The average molecular weight is 325 g/mol. The van der Waals surface area contributed by atoms with Gasteiger partial charge in [0.1, 0.15) is 6.04 Å². The lowest BCUT2D eigenvalue weighted by molar-refractivity contribution is -0.143. The quantitative estimate of drug-likeness (QED) is 0.681. The first kappa shape index (κ1) is 17.2. The summed E-state index contributed by atoms with van der Waals surface area (Å²) in [5.41, 5.74) is 4.91. The normalized spacial score (nSPS) is 21.2. The van der Waals surface area contributed by atoms with E-state index in [0.29, 0.717) is 13.0 Å². The maximum Gasteiger partial charge on any atom is 0.405 e. The van der Waals surface area contributed by atoms with Gasteiger partial charge in [0, 0.05) is 19.4 Å². The minimum absolute atomic E-state index is 0.0444. The highest BCUT2D eigenvalue weighted by Crippen LogP contribution is 2.44. The van der Waals surface area contributed by atoms with Crippen molar-refractivity contribution in [3.8, 4) is 0 Å². The number of carbonyl (C=O) groups is 4. The molecule has 0 bridgehead atoms. The SMILES string of the molecule is NC(=O)CCC(NC(=O)O)C(=O)N1CC2(CCCCC2)CC1=O. The van der Waals surface area contributed by atoms with Crippen molar-refractivity contribution in [2.45, 2.75) is 57.4 Å². The van der Waals surface area contributed by atoms with Crippen molar-refractivity contribution in [3.05, 3.63) is 0 Å². The lowest BCUT2D eigenvalue weighted by Gasteiger charge is -2.32. The zero-order valence-electron chi connectivity index (χ0n) is 13.0. The molecular formula is C15H23N3O5. The fourth-order valence-electron chi connectivity index (χ4n) is 3.61. The van der Waals surface area contributed by atoms with E-state index in [1.807, 2.05) is 0 Å². The van der Waals surface area contributed by atoms with Gasteiger partial charge in [-0.15, -0.1) is 0 Å². The molecule has 1 aliphatic heterocycles. The monoisotopic (exact) mass is 325 g/mol. The van der Waals surface area contributed by atoms with E-state index in [0.717, 1.165) is 37.0 Å². The molecule has 0 aromatic rings. The van der Waals surface area contributed by atoms with Crippen LogP contribution in [0.2, 0.25) is 0 Å². The van der Waals surface area contributed by atoms with Gasteiger partial charge >= 0.3 is 6.09 Å². The Bertz CT molecular complexity index is 513. The van der Waals surface area contributed by atoms with Gasteiger partial charge in [0.05, 0.1) is 0 Å². The van der Waals surface area contributed by atoms with Crippen molar-refractivity contribution in [1.29, 1.82) is 0 Å². The van der Waals surface area contributed by atoms with Crippen LogP contribution in [0.25, 0.3) is 0 Å². The second kappa shape index (κ2) is 6.97. The molecule has 128 valence electrons. The average Bonchev–Trinajstić information content (AvgIpc) is 2.79. The van der Waals surface area contributed by atoms with Crippen molar-refractivity contribution in [1.82, 2.24) is 10.2 Å². The van der Waals surface area contributed by atoms with Crippen LogP contribution >= 0.6 is 0 Å². The molecule has 0 radical (unpaired) electrons. The first-order chi connectivity index (χ1) is 10.8. The minimum Gasteiger partial charge on any atom is -0.465 e. The lowest BCUT2D eigenvalue weighted by Crippen LogP contribution is -2.49. The molecule has 2 aliphatic rings. The van der Waals surface area contributed by atoms with Crippen LogP contribution < -0.4 is 11.1 Å². The maximum absolute atomic E-state index is 12.6. The molecule has 1 aliphatic carbocycles. The molecule has 1 unspecified atom stereocenters. The Kier molecular flexibility index (Phi) is 5.23. The Morgan fingerprint density at radius 1 is 1.26 bits per heavy atom. The standard InChI is InChI=1S/C15H23N3O5/c16-11(19)5-4-10(17-14(22)23)13(21)18-9-15(8-12(18)20)6-2-1-3-7-15/h10,17H,1-9H2,(H2,16,19)(H,22,23). The van der Waals surface area contributed by atoms with Gasteiger partial charge in [-0.25, -0.2) is 4.79 Å². The highest BCUT2D eigenvalue weighted by atomic mass is 16.4. The number of nitrogens with two attached hydrogens (primary N) is 1. The van der Waals surface area contributed by atoms with E-state index in [9.17, 15) is 19.2 Å². The third kappa shape index (κ3) is 4.20. The van der Waals surface area contributed by atoms with Gasteiger partial charge in [-0.2, -0.15) is 0 Å². The zero-order valence-corrected chi connectivity index (χ0v) is 13.0. The van der Waals surface area contributed by atoms with Gasteiger partial charge in [-0.05, 0) is 24.7 Å². The van der Waals surface area contributed by atoms with Crippen LogP contribution in [-0.4, -0.2) is 46.4 Å². The van der Waals surface area contributed by atoms with Crippen molar-refractivity contribution in [2.24, 2.45) is 11.1 Å². The summed E-state index contributed by atoms with van der Waals surface area (Å²) < 4.78 is 0. The van der Waals surface area contributed by atoms with Crippen LogP contribution in [0.1, 0.15) is 51.4 Å². The summed E-state index contributed by atoms with van der Waals surface area (Å²) in [6.45, 7) is 0.346. The van der Waals surface area contributed by atoms with Gasteiger partial charge in [0.15, 0.2) is 0 Å². The number of hydrogen-bond acceptors (Lipinski definition) is 4. The molecule has 1 atom stereocenters. The number of hydrogen-bond donors (Lipinski definition) is 3. The first-order valence-corrected chi connectivity index (χ1v) is 7.95. The van der Waals surface area contributed by atoms with Crippen LogP contribution in [0.15, 0.2) is 0 Å². The van der Waals surface area contributed by atoms with Crippen molar-refractivity contribution >= 4 is 23.8 Å². The van der Waals surface area contributed by atoms with Crippen molar-refractivity contribution in [2.75, 3.05) is 6.54 Å². The van der Waals surface area contributed by atoms with E-state index in [4.69, 9.17) is 10.8 Å². The molecule has 1 saturated carbocycles. The number of nitrogens with zero attached hydrogens (tertiary/aromatic N) is 1. The Morgan fingerprint density at radius 2 is 1.91 bits per heavy atom. The van der Waals surface area contributed by atoms with E-state index in [-0.39, 0.29) is 24.2 Å². The molecule has 1 spiro atoms. The molecule has 0 aromatic carbocycles.